The summed E-state index contributed by atoms with van der Waals surface area (Å²) in [6.45, 7) is 0.449. The molecular weight excluding hydrogens is 416 g/mol. The molecule has 0 unspecified atom stereocenters. The van der Waals surface area contributed by atoms with Crippen LogP contribution in [0.2, 0.25) is 5.02 Å². The third-order valence-corrected chi connectivity index (χ3v) is 5.21. The van der Waals surface area contributed by atoms with Crippen LogP contribution in [-0.2, 0) is 4.79 Å². The summed E-state index contributed by atoms with van der Waals surface area (Å²) in [5.41, 5.74) is -0.327. The van der Waals surface area contributed by atoms with Crippen LogP contribution in [0.25, 0.3) is 0 Å². The molecule has 158 valence electrons. The van der Waals surface area contributed by atoms with E-state index in [2.05, 4.69) is 10.6 Å². The van der Waals surface area contributed by atoms with Crippen LogP contribution < -0.4 is 10.6 Å². The second-order valence-electron chi connectivity index (χ2n) is 6.89. The van der Waals surface area contributed by atoms with Crippen molar-refractivity contribution in [1.29, 1.82) is 0 Å². The maximum atomic E-state index is 13.8. The number of hydrogen-bond donors (Lipinski definition) is 2. The van der Waals surface area contributed by atoms with Gasteiger partial charge in [0.2, 0.25) is 5.91 Å². The number of carbonyl (C=O) groups excluding carboxylic acids is 3. The number of halogens is 3. The van der Waals surface area contributed by atoms with Gasteiger partial charge in [0, 0.05) is 19.1 Å². The van der Waals surface area contributed by atoms with Crippen LogP contribution in [0, 0.1) is 11.6 Å². The highest BCUT2D eigenvalue weighted by molar-refractivity contribution is 6.33. The van der Waals surface area contributed by atoms with Crippen molar-refractivity contribution < 1.29 is 23.2 Å². The number of benzene rings is 2. The molecule has 0 aliphatic carbocycles. The van der Waals surface area contributed by atoms with Crippen molar-refractivity contribution in [2.75, 3.05) is 19.6 Å². The first-order chi connectivity index (χ1) is 14.4. The van der Waals surface area contributed by atoms with Crippen LogP contribution in [0.1, 0.15) is 33.6 Å². The molecule has 2 N–H and O–H groups in total. The molecule has 9 heteroatoms. The van der Waals surface area contributed by atoms with Crippen molar-refractivity contribution in [3.05, 3.63) is 70.2 Å². The Morgan fingerprint density at radius 2 is 1.63 bits per heavy atom. The zero-order chi connectivity index (χ0) is 21.7. The first-order valence-electron chi connectivity index (χ1n) is 9.42. The van der Waals surface area contributed by atoms with Gasteiger partial charge in [-0.15, -0.1) is 0 Å². The molecule has 2 aromatic rings. The van der Waals surface area contributed by atoms with E-state index >= 15 is 0 Å². The third-order valence-electron chi connectivity index (χ3n) is 4.89. The Balaban J connectivity index is 1.47. The van der Waals surface area contributed by atoms with Crippen LogP contribution in [0.4, 0.5) is 8.78 Å². The summed E-state index contributed by atoms with van der Waals surface area (Å²) >= 11 is 5.85. The molecule has 0 radical (unpaired) electrons. The zero-order valence-corrected chi connectivity index (χ0v) is 16.7. The summed E-state index contributed by atoms with van der Waals surface area (Å²) in [5.74, 6) is -2.94. The molecule has 3 amide bonds. The van der Waals surface area contributed by atoms with Gasteiger partial charge in [-0.25, -0.2) is 8.78 Å². The molecule has 1 heterocycles. The highest BCUT2D eigenvalue weighted by Crippen LogP contribution is 2.18. The summed E-state index contributed by atoms with van der Waals surface area (Å²) in [6, 6.07) is 9.43. The minimum absolute atomic E-state index is 0.0227. The lowest BCUT2D eigenvalue weighted by molar-refractivity contribution is -0.131. The minimum Gasteiger partial charge on any atom is -0.349 e. The third kappa shape index (κ3) is 5.13. The molecule has 0 aromatic heterocycles. The number of likely N-dealkylation sites (tertiary alicyclic amines) is 1. The van der Waals surface area contributed by atoms with Gasteiger partial charge in [0.15, 0.2) is 0 Å². The molecule has 1 aliphatic rings. The Hall–Kier alpha value is -3.00. The van der Waals surface area contributed by atoms with Crippen LogP contribution >= 0.6 is 11.6 Å². The molecule has 1 saturated heterocycles. The van der Waals surface area contributed by atoms with Crippen LogP contribution in [0.5, 0.6) is 0 Å². The Morgan fingerprint density at radius 3 is 2.30 bits per heavy atom. The van der Waals surface area contributed by atoms with E-state index in [1.165, 1.54) is 30.3 Å². The van der Waals surface area contributed by atoms with Crippen LogP contribution in [0.3, 0.4) is 0 Å². The SMILES string of the molecule is O=C(NC1CCN(C(=O)CNC(=O)c2c(F)cccc2Cl)CC1)c1ccccc1F. The number of amides is 3. The topological polar surface area (TPSA) is 78.5 Å². The Bertz CT molecular complexity index is 942. The second-order valence-corrected chi connectivity index (χ2v) is 7.29. The zero-order valence-electron chi connectivity index (χ0n) is 16.0. The molecule has 0 saturated carbocycles. The van der Waals surface area contributed by atoms with Gasteiger partial charge < -0.3 is 15.5 Å². The van der Waals surface area contributed by atoms with Gasteiger partial charge >= 0.3 is 0 Å². The smallest absolute Gasteiger partial charge is 0.256 e. The summed E-state index contributed by atoms with van der Waals surface area (Å²) < 4.78 is 27.5. The highest BCUT2D eigenvalue weighted by atomic mass is 35.5. The highest BCUT2D eigenvalue weighted by Gasteiger charge is 2.25. The first-order valence-corrected chi connectivity index (χ1v) is 9.80. The lowest BCUT2D eigenvalue weighted by Gasteiger charge is -2.32. The predicted octanol–water partition coefficient (Wildman–Crippen LogP) is 2.77. The fraction of sp³-hybridized carbons (Fsp3) is 0.286. The van der Waals surface area contributed by atoms with E-state index in [0.29, 0.717) is 25.9 Å². The maximum Gasteiger partial charge on any atom is 0.256 e. The second kappa shape index (κ2) is 9.67. The maximum absolute atomic E-state index is 13.8. The van der Waals surface area contributed by atoms with E-state index in [9.17, 15) is 23.2 Å². The van der Waals surface area contributed by atoms with Gasteiger partial charge in [0.1, 0.15) is 11.6 Å². The van der Waals surface area contributed by atoms with Crippen LogP contribution in [-0.4, -0.2) is 48.3 Å². The number of nitrogens with zero attached hydrogens (tertiary/aromatic N) is 1. The number of carbonyl (C=O) groups is 3. The van der Waals surface area contributed by atoms with Gasteiger partial charge in [-0.1, -0.05) is 29.8 Å². The molecule has 0 bridgehead atoms. The molecule has 1 aliphatic heterocycles. The van der Waals surface area contributed by atoms with Crippen molar-refractivity contribution in [2.45, 2.75) is 18.9 Å². The van der Waals surface area contributed by atoms with E-state index in [0.717, 1.165) is 6.07 Å². The van der Waals surface area contributed by atoms with Crippen molar-refractivity contribution in [1.82, 2.24) is 15.5 Å². The minimum atomic E-state index is -0.765. The predicted molar refractivity (Wildman–Crippen MR) is 107 cm³/mol. The number of rotatable bonds is 5. The fourth-order valence-corrected chi connectivity index (χ4v) is 3.50. The largest absolute Gasteiger partial charge is 0.349 e. The number of piperidine rings is 1. The summed E-state index contributed by atoms with van der Waals surface area (Å²) in [7, 11) is 0. The molecule has 2 aromatic carbocycles. The van der Waals surface area contributed by atoms with Crippen molar-refractivity contribution in [3.8, 4) is 0 Å². The lowest BCUT2D eigenvalue weighted by Crippen LogP contribution is -2.49. The van der Waals surface area contributed by atoms with E-state index in [-0.39, 0.29) is 34.6 Å². The van der Waals surface area contributed by atoms with Gasteiger partial charge in [-0.05, 0) is 37.1 Å². The monoisotopic (exact) mass is 435 g/mol. The van der Waals surface area contributed by atoms with Crippen LogP contribution in [0.15, 0.2) is 42.5 Å². The molecular formula is C21H20ClF2N3O3. The van der Waals surface area contributed by atoms with Crippen molar-refractivity contribution in [2.24, 2.45) is 0 Å². The standard InChI is InChI=1S/C21H20ClF2N3O3/c22-15-5-3-7-17(24)19(15)21(30)25-12-18(28)27-10-8-13(9-11-27)26-20(29)14-4-1-2-6-16(14)23/h1-7,13H,8-12H2,(H,25,30)(H,26,29). The quantitative estimate of drug-likeness (QED) is 0.758. The normalized spacial score (nSPS) is 14.3. The van der Waals surface area contributed by atoms with Crippen molar-refractivity contribution >= 4 is 29.3 Å². The van der Waals surface area contributed by atoms with Gasteiger partial charge in [-0.3, -0.25) is 14.4 Å². The van der Waals surface area contributed by atoms with Crippen molar-refractivity contribution in [3.63, 3.8) is 0 Å². The number of hydrogen-bond acceptors (Lipinski definition) is 3. The van der Waals surface area contributed by atoms with E-state index in [1.807, 2.05) is 0 Å². The lowest BCUT2D eigenvalue weighted by atomic mass is 10.0. The molecule has 30 heavy (non-hydrogen) atoms. The Morgan fingerprint density at radius 1 is 0.967 bits per heavy atom. The van der Waals surface area contributed by atoms with Gasteiger partial charge in [0.25, 0.3) is 11.8 Å². The molecule has 0 atom stereocenters. The summed E-state index contributed by atoms with van der Waals surface area (Å²) in [6.07, 6.45) is 0.998. The molecule has 1 fully saturated rings. The van der Waals surface area contributed by atoms with E-state index in [4.69, 9.17) is 11.6 Å². The molecule has 3 rings (SSSR count). The average Bonchev–Trinajstić information content (AvgIpc) is 2.72. The fourth-order valence-electron chi connectivity index (χ4n) is 3.25. The number of nitrogens with one attached hydrogen (secondary N) is 2. The van der Waals surface area contributed by atoms with Gasteiger partial charge in [-0.2, -0.15) is 0 Å². The summed E-state index contributed by atoms with van der Waals surface area (Å²) in [5, 5.41) is 5.12. The van der Waals surface area contributed by atoms with Gasteiger partial charge in [0.05, 0.1) is 22.7 Å². The molecule has 6 nitrogen and oxygen atoms in total. The average molecular weight is 436 g/mol. The summed E-state index contributed by atoms with van der Waals surface area (Å²) in [4.78, 5) is 38.2. The molecule has 0 spiro atoms. The van der Waals surface area contributed by atoms with E-state index in [1.54, 1.807) is 11.0 Å². The first kappa shape index (κ1) is 21.7. The Labute approximate surface area is 177 Å². The Kier molecular flexibility index (Phi) is 6.99. The van der Waals surface area contributed by atoms with E-state index < -0.39 is 23.4 Å².